The molecule has 0 rings (SSSR count). The van der Waals surface area contributed by atoms with Gasteiger partial charge in [-0.25, -0.2) is 0 Å². The van der Waals surface area contributed by atoms with Crippen LogP contribution in [0.5, 0.6) is 0 Å². The average Bonchev–Trinajstić information content (AvgIpc) is 2.36. The van der Waals surface area contributed by atoms with Gasteiger partial charge in [0.05, 0.1) is 6.61 Å². The van der Waals surface area contributed by atoms with Gasteiger partial charge in [0.1, 0.15) is 0 Å². The number of hydrogen-bond donors (Lipinski definition) is 2. The minimum Gasteiger partial charge on any atom is -0.395 e. The summed E-state index contributed by atoms with van der Waals surface area (Å²) in [4.78, 5) is 2.40. The van der Waals surface area contributed by atoms with Crippen molar-refractivity contribution in [3.8, 4) is 0 Å². The first kappa shape index (κ1) is 17.9. The molecule has 0 aliphatic carbocycles. The van der Waals surface area contributed by atoms with Gasteiger partial charge in [0.2, 0.25) is 0 Å². The lowest BCUT2D eigenvalue weighted by molar-refractivity contribution is 0.0908. The van der Waals surface area contributed by atoms with Crippen LogP contribution in [0.3, 0.4) is 0 Å². The van der Waals surface area contributed by atoms with Gasteiger partial charge in [0.15, 0.2) is 0 Å². The van der Waals surface area contributed by atoms with E-state index >= 15 is 0 Å². The SMILES string of the molecule is CCCNCC(CC)(CC)CN(CCO)C(C)C. The van der Waals surface area contributed by atoms with Crippen LogP contribution in [0.1, 0.15) is 53.9 Å². The Morgan fingerprint density at radius 1 is 1.17 bits per heavy atom. The minimum absolute atomic E-state index is 0.254. The molecule has 3 heteroatoms. The third kappa shape index (κ3) is 6.17. The highest BCUT2D eigenvalue weighted by molar-refractivity contribution is 4.84. The van der Waals surface area contributed by atoms with Gasteiger partial charge in [-0.05, 0) is 45.1 Å². The van der Waals surface area contributed by atoms with Crippen LogP contribution in [0.15, 0.2) is 0 Å². The maximum atomic E-state index is 9.18. The normalized spacial score (nSPS) is 12.7. The summed E-state index contributed by atoms with van der Waals surface area (Å²) in [5.41, 5.74) is 0.342. The van der Waals surface area contributed by atoms with Gasteiger partial charge >= 0.3 is 0 Å². The van der Waals surface area contributed by atoms with Crippen LogP contribution in [0.25, 0.3) is 0 Å². The van der Waals surface area contributed by atoms with Gasteiger partial charge in [0.25, 0.3) is 0 Å². The summed E-state index contributed by atoms with van der Waals surface area (Å²) in [7, 11) is 0. The molecule has 0 aliphatic heterocycles. The maximum absolute atomic E-state index is 9.18. The van der Waals surface area contributed by atoms with Crippen LogP contribution in [0, 0.1) is 5.41 Å². The zero-order chi connectivity index (χ0) is 14.0. The molecule has 0 saturated heterocycles. The Morgan fingerprint density at radius 2 is 1.78 bits per heavy atom. The number of nitrogens with zero attached hydrogens (tertiary/aromatic N) is 1. The monoisotopic (exact) mass is 258 g/mol. The fraction of sp³-hybridized carbons (Fsp3) is 1.00. The molecular formula is C15H34N2O. The van der Waals surface area contributed by atoms with Crippen LogP contribution in [0.4, 0.5) is 0 Å². The van der Waals surface area contributed by atoms with Crippen LogP contribution in [-0.4, -0.2) is 48.8 Å². The summed E-state index contributed by atoms with van der Waals surface area (Å²) >= 11 is 0. The predicted octanol–water partition coefficient (Wildman–Crippen LogP) is 2.50. The van der Waals surface area contributed by atoms with Gasteiger partial charge in [-0.1, -0.05) is 20.8 Å². The van der Waals surface area contributed by atoms with Crippen LogP contribution in [0.2, 0.25) is 0 Å². The lowest BCUT2D eigenvalue weighted by Gasteiger charge is -2.39. The van der Waals surface area contributed by atoms with Gasteiger partial charge in [0, 0.05) is 25.7 Å². The third-order valence-electron chi connectivity index (χ3n) is 4.08. The molecule has 0 bridgehead atoms. The Kier molecular flexibility index (Phi) is 9.70. The Labute approximate surface area is 114 Å². The van der Waals surface area contributed by atoms with E-state index in [4.69, 9.17) is 0 Å². The molecule has 0 fully saturated rings. The molecule has 0 radical (unpaired) electrons. The molecule has 0 spiro atoms. The van der Waals surface area contributed by atoms with Crippen molar-refractivity contribution >= 4 is 0 Å². The first-order valence-electron chi connectivity index (χ1n) is 7.60. The van der Waals surface area contributed by atoms with Gasteiger partial charge in [-0.15, -0.1) is 0 Å². The standard InChI is InChI=1S/C15H34N2O/c1-6-9-16-12-15(7-2,8-3)13-17(10-11-18)14(4)5/h14,16,18H,6-13H2,1-5H3. The molecule has 0 aromatic rings. The van der Waals surface area contributed by atoms with E-state index in [2.05, 4.69) is 44.8 Å². The molecule has 0 saturated carbocycles. The fourth-order valence-corrected chi connectivity index (χ4v) is 2.39. The molecule has 18 heavy (non-hydrogen) atoms. The summed E-state index contributed by atoms with van der Waals surface area (Å²) in [6, 6.07) is 0.501. The first-order chi connectivity index (χ1) is 8.55. The van der Waals surface area contributed by atoms with Crippen molar-refractivity contribution in [1.29, 1.82) is 0 Å². The molecule has 2 N–H and O–H groups in total. The average molecular weight is 258 g/mol. The highest BCUT2D eigenvalue weighted by Gasteiger charge is 2.29. The second-order valence-corrected chi connectivity index (χ2v) is 5.67. The van der Waals surface area contributed by atoms with Crippen molar-refractivity contribution in [3.05, 3.63) is 0 Å². The number of aliphatic hydroxyl groups excluding tert-OH is 1. The Morgan fingerprint density at radius 3 is 2.17 bits per heavy atom. The summed E-state index contributed by atoms with van der Waals surface area (Å²) in [5.74, 6) is 0. The zero-order valence-electron chi connectivity index (χ0n) is 13.1. The number of hydrogen-bond acceptors (Lipinski definition) is 3. The Hall–Kier alpha value is -0.120. The quantitative estimate of drug-likeness (QED) is 0.559. The molecule has 0 heterocycles. The molecule has 3 nitrogen and oxygen atoms in total. The number of rotatable bonds is 11. The molecule has 0 aromatic carbocycles. The van der Waals surface area contributed by atoms with E-state index < -0.39 is 0 Å². The van der Waals surface area contributed by atoms with Crippen molar-refractivity contribution in [2.45, 2.75) is 59.9 Å². The second-order valence-electron chi connectivity index (χ2n) is 5.67. The fourth-order valence-electron chi connectivity index (χ4n) is 2.39. The summed E-state index contributed by atoms with van der Waals surface area (Å²) < 4.78 is 0. The Balaban J connectivity index is 4.53. The van der Waals surface area contributed by atoms with E-state index in [9.17, 15) is 5.11 Å². The number of nitrogens with one attached hydrogen (secondary N) is 1. The lowest BCUT2D eigenvalue weighted by Crippen LogP contribution is -2.47. The minimum atomic E-state index is 0.254. The van der Waals surface area contributed by atoms with E-state index in [0.717, 1.165) is 26.2 Å². The van der Waals surface area contributed by atoms with Crippen LogP contribution in [-0.2, 0) is 0 Å². The van der Waals surface area contributed by atoms with E-state index in [0.29, 0.717) is 11.5 Å². The molecule has 0 unspecified atom stereocenters. The molecule has 0 atom stereocenters. The van der Waals surface area contributed by atoms with Crippen LogP contribution < -0.4 is 5.32 Å². The largest absolute Gasteiger partial charge is 0.395 e. The van der Waals surface area contributed by atoms with E-state index in [-0.39, 0.29) is 6.61 Å². The van der Waals surface area contributed by atoms with Crippen LogP contribution >= 0.6 is 0 Å². The predicted molar refractivity (Wildman–Crippen MR) is 80.0 cm³/mol. The van der Waals surface area contributed by atoms with Gasteiger partial charge in [-0.2, -0.15) is 0 Å². The van der Waals surface area contributed by atoms with Crippen molar-refractivity contribution in [3.63, 3.8) is 0 Å². The third-order valence-corrected chi connectivity index (χ3v) is 4.08. The van der Waals surface area contributed by atoms with E-state index in [1.54, 1.807) is 0 Å². The highest BCUT2D eigenvalue weighted by atomic mass is 16.3. The van der Waals surface area contributed by atoms with E-state index in [1.807, 2.05) is 0 Å². The molecule has 0 aliphatic rings. The van der Waals surface area contributed by atoms with Crippen molar-refractivity contribution in [2.75, 3.05) is 32.8 Å². The molecule has 0 amide bonds. The highest BCUT2D eigenvalue weighted by Crippen LogP contribution is 2.27. The van der Waals surface area contributed by atoms with Gasteiger partial charge in [-0.3, -0.25) is 4.90 Å². The Bertz CT molecular complexity index is 191. The van der Waals surface area contributed by atoms with Crippen molar-refractivity contribution in [2.24, 2.45) is 5.41 Å². The molecule has 110 valence electrons. The van der Waals surface area contributed by atoms with E-state index in [1.165, 1.54) is 19.3 Å². The van der Waals surface area contributed by atoms with Gasteiger partial charge < -0.3 is 10.4 Å². The molecule has 0 aromatic heterocycles. The van der Waals surface area contributed by atoms with Crippen molar-refractivity contribution < 1.29 is 5.11 Å². The summed E-state index contributed by atoms with van der Waals surface area (Å²) in [6.45, 7) is 15.5. The summed E-state index contributed by atoms with van der Waals surface area (Å²) in [6.07, 6.45) is 3.57. The lowest BCUT2D eigenvalue weighted by atomic mass is 9.81. The summed E-state index contributed by atoms with van der Waals surface area (Å²) in [5, 5.41) is 12.8. The second kappa shape index (κ2) is 9.76. The molecular weight excluding hydrogens is 224 g/mol. The maximum Gasteiger partial charge on any atom is 0.0558 e. The smallest absolute Gasteiger partial charge is 0.0558 e. The topological polar surface area (TPSA) is 35.5 Å². The zero-order valence-corrected chi connectivity index (χ0v) is 13.1. The first-order valence-corrected chi connectivity index (χ1v) is 7.60. The number of aliphatic hydroxyl groups is 1. The van der Waals surface area contributed by atoms with Crippen molar-refractivity contribution in [1.82, 2.24) is 10.2 Å².